The van der Waals surface area contributed by atoms with Gasteiger partial charge >= 0.3 is 0 Å². The summed E-state index contributed by atoms with van der Waals surface area (Å²) < 4.78 is 13.6. The van der Waals surface area contributed by atoms with Crippen LogP contribution in [0, 0.1) is 11.7 Å². The van der Waals surface area contributed by atoms with Crippen LogP contribution < -0.4 is 11.1 Å². The fourth-order valence-electron chi connectivity index (χ4n) is 2.53. The Balaban J connectivity index is 2.06. The monoisotopic (exact) mass is 265 g/mol. The molecule has 1 aromatic rings. The van der Waals surface area contributed by atoms with Crippen molar-refractivity contribution in [2.75, 3.05) is 25.9 Å². The van der Waals surface area contributed by atoms with Crippen LogP contribution in [0.3, 0.4) is 0 Å². The highest BCUT2D eigenvalue weighted by Gasteiger charge is 2.26. The summed E-state index contributed by atoms with van der Waals surface area (Å²) in [7, 11) is 2.06. The fraction of sp³-hybridized carbons (Fsp3) is 0.500. The van der Waals surface area contributed by atoms with E-state index in [0.29, 0.717) is 11.6 Å². The van der Waals surface area contributed by atoms with Crippen molar-refractivity contribution in [2.24, 2.45) is 5.92 Å². The van der Waals surface area contributed by atoms with Crippen LogP contribution in [0.25, 0.3) is 0 Å². The van der Waals surface area contributed by atoms with Crippen molar-refractivity contribution >= 4 is 11.6 Å². The van der Waals surface area contributed by atoms with Crippen molar-refractivity contribution in [3.63, 3.8) is 0 Å². The largest absolute Gasteiger partial charge is 0.399 e. The molecule has 1 aliphatic heterocycles. The molecule has 2 rings (SSSR count). The number of nitrogens with one attached hydrogen (secondary N) is 1. The van der Waals surface area contributed by atoms with Gasteiger partial charge in [0, 0.05) is 18.3 Å². The summed E-state index contributed by atoms with van der Waals surface area (Å²) in [6.45, 7) is 3.97. The van der Waals surface area contributed by atoms with Crippen LogP contribution >= 0.6 is 0 Å². The number of carbonyl (C=O) groups is 1. The number of hydrogen-bond donors (Lipinski definition) is 2. The van der Waals surface area contributed by atoms with E-state index in [4.69, 9.17) is 5.73 Å². The molecule has 1 saturated heterocycles. The van der Waals surface area contributed by atoms with Gasteiger partial charge in [-0.2, -0.15) is 0 Å². The third-order valence-electron chi connectivity index (χ3n) is 3.66. The second kappa shape index (κ2) is 5.57. The number of nitrogens with two attached hydrogens (primary N) is 1. The zero-order valence-electron chi connectivity index (χ0n) is 11.3. The van der Waals surface area contributed by atoms with E-state index >= 15 is 0 Å². The minimum absolute atomic E-state index is 0.0196. The highest BCUT2D eigenvalue weighted by molar-refractivity contribution is 5.95. The number of hydrogen-bond acceptors (Lipinski definition) is 3. The van der Waals surface area contributed by atoms with E-state index < -0.39 is 5.82 Å². The predicted octanol–water partition coefficient (Wildman–Crippen LogP) is 1.48. The number of carbonyl (C=O) groups excluding carboxylic acids is 1. The standard InChI is InChI=1S/C14H20FN3O/c1-9-8-18(2)6-5-13(9)17-14(19)11-7-10(16)3-4-12(11)15/h3-4,7,9,13H,5-6,8,16H2,1-2H3,(H,17,19). The van der Waals surface area contributed by atoms with Gasteiger partial charge in [0.2, 0.25) is 0 Å². The molecule has 3 N–H and O–H groups in total. The Labute approximate surface area is 112 Å². The van der Waals surface area contributed by atoms with Crippen LogP contribution in [0.2, 0.25) is 0 Å². The Kier molecular flexibility index (Phi) is 4.04. The first kappa shape index (κ1) is 13.8. The average Bonchev–Trinajstić information content (AvgIpc) is 2.35. The highest BCUT2D eigenvalue weighted by Crippen LogP contribution is 2.17. The zero-order chi connectivity index (χ0) is 14.0. The van der Waals surface area contributed by atoms with Crippen LogP contribution in [0.1, 0.15) is 23.7 Å². The van der Waals surface area contributed by atoms with Crippen molar-refractivity contribution in [1.29, 1.82) is 0 Å². The lowest BCUT2D eigenvalue weighted by Gasteiger charge is -2.35. The number of halogens is 1. The summed E-state index contributed by atoms with van der Waals surface area (Å²) in [4.78, 5) is 14.3. The number of nitrogen functional groups attached to an aromatic ring is 1. The Morgan fingerprint density at radius 1 is 1.53 bits per heavy atom. The van der Waals surface area contributed by atoms with Gasteiger partial charge < -0.3 is 16.0 Å². The third kappa shape index (κ3) is 3.23. The number of amides is 1. The second-order valence-corrected chi connectivity index (χ2v) is 5.35. The Hall–Kier alpha value is -1.62. The van der Waals surface area contributed by atoms with Gasteiger partial charge in [0.1, 0.15) is 5.82 Å². The fourth-order valence-corrected chi connectivity index (χ4v) is 2.53. The first-order chi connectivity index (χ1) is 8.97. The first-order valence-corrected chi connectivity index (χ1v) is 6.52. The molecule has 1 heterocycles. The van der Waals surface area contributed by atoms with E-state index in [1.165, 1.54) is 18.2 Å². The molecule has 19 heavy (non-hydrogen) atoms. The third-order valence-corrected chi connectivity index (χ3v) is 3.66. The van der Waals surface area contributed by atoms with E-state index in [2.05, 4.69) is 24.2 Å². The number of nitrogens with zero attached hydrogens (tertiary/aromatic N) is 1. The predicted molar refractivity (Wildman–Crippen MR) is 73.3 cm³/mol. The molecule has 1 amide bonds. The molecular weight excluding hydrogens is 245 g/mol. The van der Waals surface area contributed by atoms with Crippen LogP contribution in [0.5, 0.6) is 0 Å². The number of likely N-dealkylation sites (tertiary alicyclic amines) is 1. The molecule has 1 aromatic carbocycles. The topological polar surface area (TPSA) is 58.4 Å². The zero-order valence-corrected chi connectivity index (χ0v) is 11.3. The molecule has 1 aliphatic rings. The number of anilines is 1. The number of piperidine rings is 1. The molecule has 5 heteroatoms. The molecule has 0 aromatic heterocycles. The van der Waals surface area contributed by atoms with Gasteiger partial charge in [-0.05, 0) is 44.1 Å². The van der Waals surface area contributed by atoms with Gasteiger partial charge in [-0.1, -0.05) is 6.92 Å². The van der Waals surface area contributed by atoms with Crippen LogP contribution in [-0.4, -0.2) is 37.0 Å². The maximum atomic E-state index is 13.6. The molecule has 1 fully saturated rings. The van der Waals surface area contributed by atoms with Gasteiger partial charge in [-0.15, -0.1) is 0 Å². The maximum absolute atomic E-state index is 13.6. The smallest absolute Gasteiger partial charge is 0.254 e. The summed E-state index contributed by atoms with van der Waals surface area (Å²) in [6.07, 6.45) is 0.882. The lowest BCUT2D eigenvalue weighted by molar-refractivity contribution is 0.0880. The Morgan fingerprint density at radius 3 is 2.95 bits per heavy atom. The summed E-state index contributed by atoms with van der Waals surface area (Å²) in [5.41, 5.74) is 6.00. The Morgan fingerprint density at radius 2 is 2.26 bits per heavy atom. The van der Waals surface area contributed by atoms with Gasteiger partial charge in [0.15, 0.2) is 0 Å². The van der Waals surface area contributed by atoms with Gasteiger partial charge in [-0.25, -0.2) is 4.39 Å². The highest BCUT2D eigenvalue weighted by atomic mass is 19.1. The molecule has 104 valence electrons. The summed E-state index contributed by atoms with van der Waals surface area (Å²) in [5, 5.41) is 2.91. The van der Waals surface area contributed by atoms with E-state index in [9.17, 15) is 9.18 Å². The van der Waals surface area contributed by atoms with Gasteiger partial charge in [0.05, 0.1) is 5.56 Å². The number of benzene rings is 1. The van der Waals surface area contributed by atoms with E-state index in [1.807, 2.05) is 0 Å². The molecule has 0 radical (unpaired) electrons. The van der Waals surface area contributed by atoms with Crippen molar-refractivity contribution in [3.8, 4) is 0 Å². The molecule has 4 nitrogen and oxygen atoms in total. The minimum Gasteiger partial charge on any atom is -0.399 e. The lowest BCUT2D eigenvalue weighted by Crippen LogP contribution is -2.49. The van der Waals surface area contributed by atoms with E-state index in [-0.39, 0.29) is 17.5 Å². The van der Waals surface area contributed by atoms with Crippen molar-refractivity contribution in [1.82, 2.24) is 10.2 Å². The first-order valence-electron chi connectivity index (χ1n) is 6.52. The number of rotatable bonds is 2. The van der Waals surface area contributed by atoms with Crippen LogP contribution in [-0.2, 0) is 0 Å². The van der Waals surface area contributed by atoms with Gasteiger partial charge in [-0.3, -0.25) is 4.79 Å². The quantitative estimate of drug-likeness (QED) is 0.796. The molecule has 0 bridgehead atoms. The van der Waals surface area contributed by atoms with Gasteiger partial charge in [0.25, 0.3) is 5.91 Å². The maximum Gasteiger partial charge on any atom is 0.254 e. The normalized spacial score (nSPS) is 24.2. The van der Waals surface area contributed by atoms with E-state index in [0.717, 1.165) is 19.5 Å². The van der Waals surface area contributed by atoms with E-state index in [1.54, 1.807) is 0 Å². The molecule has 0 spiro atoms. The lowest BCUT2D eigenvalue weighted by atomic mass is 9.94. The van der Waals surface area contributed by atoms with Crippen LogP contribution in [0.4, 0.5) is 10.1 Å². The van der Waals surface area contributed by atoms with Crippen LogP contribution in [0.15, 0.2) is 18.2 Å². The van der Waals surface area contributed by atoms with Crippen molar-refractivity contribution in [2.45, 2.75) is 19.4 Å². The second-order valence-electron chi connectivity index (χ2n) is 5.35. The van der Waals surface area contributed by atoms with Crippen molar-refractivity contribution in [3.05, 3.63) is 29.6 Å². The Bertz CT molecular complexity index is 478. The molecular formula is C14H20FN3O. The average molecular weight is 265 g/mol. The summed E-state index contributed by atoms with van der Waals surface area (Å²) >= 11 is 0. The summed E-state index contributed by atoms with van der Waals surface area (Å²) in [5.74, 6) is -0.565. The molecule has 0 aliphatic carbocycles. The molecule has 0 saturated carbocycles. The molecule has 2 atom stereocenters. The summed E-state index contributed by atoms with van der Waals surface area (Å²) in [6, 6.07) is 4.14. The van der Waals surface area contributed by atoms with Crippen molar-refractivity contribution < 1.29 is 9.18 Å². The minimum atomic E-state index is -0.535. The SMILES string of the molecule is CC1CN(C)CCC1NC(=O)c1cc(N)ccc1F. The molecule has 2 unspecified atom stereocenters.